The number of nitrogens with zero attached hydrogens (tertiary/aromatic N) is 1. The van der Waals surface area contributed by atoms with E-state index in [1.807, 2.05) is 31.2 Å². The lowest BCUT2D eigenvalue weighted by Crippen LogP contribution is -2.34. The molecule has 2 amide bonds. The molecule has 0 aromatic heterocycles. The van der Waals surface area contributed by atoms with E-state index in [0.717, 1.165) is 12.8 Å². The maximum absolute atomic E-state index is 13.3. The van der Waals surface area contributed by atoms with Crippen LogP contribution in [-0.4, -0.2) is 43.1 Å². The van der Waals surface area contributed by atoms with Crippen molar-refractivity contribution in [3.63, 3.8) is 0 Å². The Balaban J connectivity index is 1.86. The third kappa shape index (κ3) is 5.69. The molecule has 7 heteroatoms. The van der Waals surface area contributed by atoms with Crippen LogP contribution in [0, 0.1) is 0 Å². The zero-order valence-corrected chi connectivity index (χ0v) is 19.3. The molecule has 2 aromatic rings. The van der Waals surface area contributed by atoms with E-state index in [0.29, 0.717) is 60.4 Å². The number of benzene rings is 2. The number of para-hydroxylation sites is 2. The van der Waals surface area contributed by atoms with Gasteiger partial charge in [0.05, 0.1) is 17.9 Å². The molecule has 0 fully saturated rings. The zero-order valence-electron chi connectivity index (χ0n) is 18.5. The Bertz CT molecular complexity index is 972. The number of amides is 2. The van der Waals surface area contributed by atoms with Crippen LogP contribution in [0.5, 0.6) is 5.75 Å². The van der Waals surface area contributed by atoms with Gasteiger partial charge in [-0.2, -0.15) is 0 Å². The van der Waals surface area contributed by atoms with E-state index in [1.165, 1.54) is 4.90 Å². The Labute approximate surface area is 194 Å². The first-order valence-corrected chi connectivity index (χ1v) is 11.4. The third-order valence-electron chi connectivity index (χ3n) is 5.06. The van der Waals surface area contributed by atoms with Crippen LogP contribution in [0.3, 0.4) is 0 Å². The summed E-state index contributed by atoms with van der Waals surface area (Å²) in [5.41, 5.74) is 1.81. The Morgan fingerprint density at radius 3 is 2.38 bits per heavy atom. The summed E-state index contributed by atoms with van der Waals surface area (Å²) in [6.45, 7) is 5.96. The number of carbonyl (C=O) groups excluding carboxylic acids is 2. The van der Waals surface area contributed by atoms with Crippen LogP contribution in [-0.2, 0) is 14.3 Å². The number of ether oxygens (including phenoxy) is 2. The maximum Gasteiger partial charge on any atom is 0.278 e. The highest BCUT2D eigenvalue weighted by molar-refractivity contribution is 6.37. The van der Waals surface area contributed by atoms with Gasteiger partial charge in [0.2, 0.25) is 0 Å². The molecule has 2 aromatic carbocycles. The molecule has 6 nitrogen and oxygen atoms in total. The summed E-state index contributed by atoms with van der Waals surface area (Å²) in [5.74, 6) is -0.0805. The molecule has 0 saturated heterocycles. The summed E-state index contributed by atoms with van der Waals surface area (Å²) in [5, 5.41) is 3.72. The molecule has 0 saturated carbocycles. The fraction of sp³-hybridized carbons (Fsp3) is 0.360. The molecule has 0 aliphatic carbocycles. The van der Waals surface area contributed by atoms with Crippen LogP contribution in [0.25, 0.3) is 5.57 Å². The lowest BCUT2D eigenvalue weighted by Gasteiger charge is -2.16. The number of imide groups is 1. The molecule has 1 heterocycles. The predicted molar refractivity (Wildman–Crippen MR) is 127 cm³/mol. The summed E-state index contributed by atoms with van der Waals surface area (Å²) in [6.07, 6.45) is 2.64. The molecule has 0 atom stereocenters. The van der Waals surface area contributed by atoms with Gasteiger partial charge in [0.25, 0.3) is 11.8 Å². The van der Waals surface area contributed by atoms with Crippen molar-refractivity contribution < 1.29 is 19.1 Å². The first kappa shape index (κ1) is 23.8. The van der Waals surface area contributed by atoms with E-state index in [-0.39, 0.29) is 17.5 Å². The number of carbonyl (C=O) groups is 2. The van der Waals surface area contributed by atoms with Gasteiger partial charge in [0, 0.05) is 24.8 Å². The van der Waals surface area contributed by atoms with E-state index in [4.69, 9.17) is 21.1 Å². The van der Waals surface area contributed by atoms with Crippen molar-refractivity contribution in [2.45, 2.75) is 33.1 Å². The van der Waals surface area contributed by atoms with Gasteiger partial charge in [-0.15, -0.1) is 0 Å². The zero-order chi connectivity index (χ0) is 22.9. The second-order valence-corrected chi connectivity index (χ2v) is 7.83. The van der Waals surface area contributed by atoms with Crippen molar-refractivity contribution in [1.82, 2.24) is 4.90 Å². The summed E-state index contributed by atoms with van der Waals surface area (Å²) < 4.78 is 11.3. The molecular weight excluding hydrogens is 428 g/mol. The quantitative estimate of drug-likeness (QED) is 0.354. The number of anilines is 1. The van der Waals surface area contributed by atoms with E-state index in [1.54, 1.807) is 24.3 Å². The van der Waals surface area contributed by atoms with Crippen molar-refractivity contribution in [3.05, 3.63) is 64.8 Å². The molecule has 32 heavy (non-hydrogen) atoms. The normalized spacial score (nSPS) is 13.8. The number of unbranched alkanes of at least 4 members (excludes halogenated alkanes) is 1. The minimum absolute atomic E-state index is 0.233. The van der Waals surface area contributed by atoms with Crippen molar-refractivity contribution in [2.75, 3.05) is 31.7 Å². The minimum Gasteiger partial charge on any atom is -0.492 e. The van der Waals surface area contributed by atoms with Crippen molar-refractivity contribution >= 4 is 34.7 Å². The average molecular weight is 457 g/mol. The second kappa shape index (κ2) is 11.7. The Kier molecular flexibility index (Phi) is 8.71. The van der Waals surface area contributed by atoms with E-state index in [9.17, 15) is 9.59 Å². The standard InChI is InChI=1S/C25H29ClN2O4/c1-3-5-16-31-17-8-15-28-24(29)22(18-11-13-19(26)14-12-18)23(25(28)30)27-20-9-6-7-10-21(20)32-4-2/h6-7,9-14,27H,3-5,8,15-17H2,1-2H3. The first-order chi connectivity index (χ1) is 15.6. The van der Waals surface area contributed by atoms with Crippen LogP contribution >= 0.6 is 11.6 Å². The first-order valence-electron chi connectivity index (χ1n) is 11.0. The van der Waals surface area contributed by atoms with Crippen LogP contribution in [0.4, 0.5) is 5.69 Å². The van der Waals surface area contributed by atoms with Gasteiger partial charge < -0.3 is 14.8 Å². The minimum atomic E-state index is -0.361. The van der Waals surface area contributed by atoms with Gasteiger partial charge in [0.1, 0.15) is 11.4 Å². The molecule has 0 unspecified atom stereocenters. The number of hydrogen-bond donors (Lipinski definition) is 1. The van der Waals surface area contributed by atoms with Crippen LogP contribution < -0.4 is 10.1 Å². The summed E-state index contributed by atoms with van der Waals surface area (Å²) in [6, 6.07) is 14.2. The predicted octanol–water partition coefficient (Wildman–Crippen LogP) is 5.14. The highest BCUT2D eigenvalue weighted by Gasteiger charge is 2.39. The molecule has 0 spiro atoms. The van der Waals surface area contributed by atoms with E-state index >= 15 is 0 Å². The van der Waals surface area contributed by atoms with Gasteiger partial charge in [-0.1, -0.05) is 49.2 Å². The Morgan fingerprint density at radius 2 is 1.66 bits per heavy atom. The summed E-state index contributed by atoms with van der Waals surface area (Å²) >= 11 is 6.03. The average Bonchev–Trinajstić information content (AvgIpc) is 3.02. The van der Waals surface area contributed by atoms with Gasteiger partial charge in [0.15, 0.2) is 0 Å². The molecule has 0 bridgehead atoms. The fourth-order valence-corrected chi connectivity index (χ4v) is 3.56. The van der Waals surface area contributed by atoms with E-state index < -0.39 is 0 Å². The van der Waals surface area contributed by atoms with Crippen molar-refractivity contribution in [1.29, 1.82) is 0 Å². The van der Waals surface area contributed by atoms with Crippen LogP contribution in [0.1, 0.15) is 38.7 Å². The topological polar surface area (TPSA) is 67.9 Å². The van der Waals surface area contributed by atoms with Gasteiger partial charge in [-0.05, 0) is 49.6 Å². The maximum atomic E-state index is 13.3. The van der Waals surface area contributed by atoms with Crippen LogP contribution in [0.2, 0.25) is 5.02 Å². The summed E-state index contributed by atoms with van der Waals surface area (Å²) in [7, 11) is 0. The highest BCUT2D eigenvalue weighted by atomic mass is 35.5. The fourth-order valence-electron chi connectivity index (χ4n) is 3.44. The second-order valence-electron chi connectivity index (χ2n) is 7.39. The largest absolute Gasteiger partial charge is 0.492 e. The molecule has 3 rings (SSSR count). The van der Waals surface area contributed by atoms with Crippen LogP contribution in [0.15, 0.2) is 54.2 Å². The number of nitrogens with one attached hydrogen (secondary N) is 1. The molecule has 170 valence electrons. The molecule has 1 N–H and O–H groups in total. The molecule has 1 aliphatic rings. The smallest absolute Gasteiger partial charge is 0.278 e. The Morgan fingerprint density at radius 1 is 0.938 bits per heavy atom. The molecular formula is C25H29ClN2O4. The van der Waals surface area contributed by atoms with Gasteiger partial charge in [-0.3, -0.25) is 14.5 Å². The molecule has 1 aliphatic heterocycles. The third-order valence-corrected chi connectivity index (χ3v) is 5.31. The molecule has 0 radical (unpaired) electrons. The van der Waals surface area contributed by atoms with Gasteiger partial charge in [-0.25, -0.2) is 0 Å². The lowest BCUT2D eigenvalue weighted by molar-refractivity contribution is -0.137. The highest BCUT2D eigenvalue weighted by Crippen LogP contribution is 2.33. The SMILES string of the molecule is CCCCOCCCN1C(=O)C(Nc2ccccc2OCC)=C(c2ccc(Cl)cc2)C1=O. The van der Waals surface area contributed by atoms with Gasteiger partial charge >= 0.3 is 0 Å². The van der Waals surface area contributed by atoms with Crippen molar-refractivity contribution in [3.8, 4) is 5.75 Å². The Hall–Kier alpha value is -2.83. The monoisotopic (exact) mass is 456 g/mol. The van der Waals surface area contributed by atoms with E-state index in [2.05, 4.69) is 12.2 Å². The van der Waals surface area contributed by atoms with Crippen molar-refractivity contribution in [2.24, 2.45) is 0 Å². The number of rotatable bonds is 12. The number of halogens is 1. The number of hydrogen-bond acceptors (Lipinski definition) is 5. The lowest BCUT2D eigenvalue weighted by atomic mass is 10.0. The summed E-state index contributed by atoms with van der Waals surface area (Å²) in [4.78, 5) is 27.8.